The fraction of sp³-hybridized carbons (Fsp3) is 0.429. The summed E-state index contributed by atoms with van der Waals surface area (Å²) in [6, 6.07) is 33.3. The molecule has 6 aliphatic heterocycles. The van der Waals surface area contributed by atoms with Gasteiger partial charge in [-0.15, -0.1) is 0 Å². The maximum Gasteiger partial charge on any atom is 0.259 e. The molecular weight excluding hydrogens is 2160 g/mol. The third-order valence-electron chi connectivity index (χ3n) is 19.4. The van der Waals surface area contributed by atoms with Crippen LogP contribution in [0.1, 0.15) is 165 Å². The van der Waals surface area contributed by atoms with Gasteiger partial charge in [0, 0.05) is 177 Å². The number of hydrogen-bond acceptors (Lipinski definition) is 18. The number of carbonyl (C=O) groups excluding carboxylic acids is 3. The Hall–Kier alpha value is -4.87. The molecule has 0 spiro atoms. The zero-order valence-corrected chi connectivity index (χ0v) is 77.4. The van der Waals surface area contributed by atoms with Crippen molar-refractivity contribution in [2.75, 3.05) is 54.0 Å². The third-order valence-corrected chi connectivity index (χ3v) is 19.4. The molecule has 1 unspecified atom stereocenters. The molecule has 3 amide bonds. The van der Waals surface area contributed by atoms with Crippen molar-refractivity contribution in [3.8, 4) is 0 Å². The van der Waals surface area contributed by atoms with Gasteiger partial charge in [0.15, 0.2) is 16.8 Å². The first-order valence-electron chi connectivity index (χ1n) is 32.3. The molecule has 3 aromatic carbocycles. The number of pyridine rings is 3. The van der Waals surface area contributed by atoms with Crippen LogP contribution in [0.25, 0.3) is 0 Å². The van der Waals surface area contributed by atoms with E-state index in [-0.39, 0.29) is 178 Å². The molecule has 562 valence electrons. The van der Waals surface area contributed by atoms with Crippen molar-refractivity contribution in [2.24, 2.45) is 15.5 Å². The van der Waals surface area contributed by atoms with E-state index in [0.717, 1.165) is 111 Å². The Bertz CT molecular complexity index is 3390. The van der Waals surface area contributed by atoms with Crippen LogP contribution in [0.3, 0.4) is 0 Å². The average molecular weight is 2260 g/mol. The average Bonchev–Trinajstić information content (AvgIpc) is 1.63. The van der Waals surface area contributed by atoms with Gasteiger partial charge in [0.05, 0.1) is 18.1 Å². The molecule has 26 heteroatoms. The van der Waals surface area contributed by atoms with E-state index in [1.54, 1.807) is 117 Å². The van der Waals surface area contributed by atoms with Crippen LogP contribution >= 0.6 is 0 Å². The minimum Gasteiger partial charge on any atom is -0.386 e. The van der Waals surface area contributed by atoms with E-state index in [1.165, 1.54) is 0 Å². The second kappa shape index (κ2) is 40.9. The number of piperidine rings is 3. The Balaban J connectivity index is 0.00000144. The van der Waals surface area contributed by atoms with E-state index >= 15 is 0 Å². The van der Waals surface area contributed by atoms with Gasteiger partial charge in [-0.25, -0.2) is 15.0 Å². The van der Waals surface area contributed by atoms with Crippen LogP contribution in [0, 0.1) is 57.9 Å². The van der Waals surface area contributed by atoms with Crippen LogP contribution in [-0.4, -0.2) is 156 Å². The Kier molecular flexibility index (Phi) is 39.0. The zero-order valence-electron chi connectivity index (χ0n) is 62.7. The summed E-state index contributed by atoms with van der Waals surface area (Å²) in [7, 11) is 0. The first kappa shape index (κ1) is 98.1. The van der Waals surface area contributed by atoms with Gasteiger partial charge in [-0.1, -0.05) is 70.1 Å². The van der Waals surface area contributed by atoms with Gasteiger partial charge in [-0.3, -0.25) is 29.1 Å². The summed E-state index contributed by atoms with van der Waals surface area (Å²) in [5.74, 6) is 1.84. The molecule has 0 radical (unpaired) electrons. The fourth-order valence-electron chi connectivity index (χ4n) is 12.3. The summed E-state index contributed by atoms with van der Waals surface area (Å²) in [4.78, 5) is 76.2. The molecule has 6 atom stereocenters. The number of nitrogens with zero attached hydrogens (tertiary/aromatic N) is 9. The smallest absolute Gasteiger partial charge is 0.259 e. The van der Waals surface area contributed by atoms with E-state index in [2.05, 4.69) is 46.4 Å². The van der Waals surface area contributed by atoms with E-state index in [0.29, 0.717) is 51.3 Å². The van der Waals surface area contributed by atoms with Gasteiger partial charge in [0.25, 0.3) is 17.7 Å². The van der Waals surface area contributed by atoms with E-state index < -0.39 is 33.6 Å². The van der Waals surface area contributed by atoms with Crippen LogP contribution in [0.2, 0.25) is 0 Å². The second-order valence-corrected chi connectivity index (χ2v) is 27.0. The molecule has 3 fully saturated rings. The molecule has 12 rings (SSSR count). The number of anilines is 3. The van der Waals surface area contributed by atoms with Crippen molar-refractivity contribution in [3.63, 3.8) is 0 Å². The summed E-state index contributed by atoms with van der Waals surface area (Å²) in [5.41, 5.74) is 2.02. The predicted molar refractivity (Wildman–Crippen MR) is 393 cm³/mol. The molecule has 0 bridgehead atoms. The van der Waals surface area contributed by atoms with Crippen molar-refractivity contribution < 1.29 is 150 Å². The SMILES string of the molecule is Cc1cccnc1N(C(=O)c1ccc(C2=NOC(C)(C)C2(C)O)cc1)[C@@H]1CCCNC1.Cc1cccnc1N(C(=O)c1ccc(C2=NOC(C)(C)[C@@]2(C)O)cc1)[C@@H]1CCCNC1.Cc1cccnc1N(C(=O)c1ccc(C2=NOC(C)(C)[C@]2(C)O)cc1)[C@@H]1CCCNC1.[CH3-].[CH3-].[CH3-].[CH3-].[CH3-].[W].[W].[W].[W].[W]. The molecule has 6 N–H and O–H groups in total. The molecular formula is C77H105N12O9W5-5. The molecule has 0 aliphatic carbocycles. The molecule has 0 saturated carbocycles. The molecule has 9 heterocycles. The quantitative estimate of drug-likeness (QED) is 0.0623. The number of hydrogen-bond donors (Lipinski definition) is 6. The monoisotopic (exact) mass is 2260 g/mol. The molecule has 21 nitrogen and oxygen atoms in total. The predicted octanol–water partition coefficient (Wildman–Crippen LogP) is 11.4. The van der Waals surface area contributed by atoms with Crippen molar-refractivity contribution in [1.29, 1.82) is 0 Å². The minimum atomic E-state index is -1.23. The van der Waals surface area contributed by atoms with Crippen LogP contribution in [0.15, 0.2) is 143 Å². The van der Waals surface area contributed by atoms with Gasteiger partial charge in [0.1, 0.15) is 51.4 Å². The molecule has 6 aliphatic rings. The topological polar surface area (TPSA) is 261 Å². The maximum atomic E-state index is 13.6. The van der Waals surface area contributed by atoms with Crippen molar-refractivity contribution in [2.45, 2.75) is 173 Å². The fourth-order valence-corrected chi connectivity index (χ4v) is 12.3. The number of oxime groups is 3. The number of aromatic nitrogens is 3. The molecule has 3 aromatic heterocycles. The molecule has 6 aromatic rings. The van der Waals surface area contributed by atoms with Crippen molar-refractivity contribution >= 4 is 52.3 Å². The Morgan fingerprint density at radius 2 is 0.612 bits per heavy atom. The van der Waals surface area contributed by atoms with E-state index in [4.69, 9.17) is 14.5 Å². The Morgan fingerprint density at radius 3 is 0.786 bits per heavy atom. The minimum absolute atomic E-state index is 0. The van der Waals surface area contributed by atoms with Crippen LogP contribution in [0.4, 0.5) is 17.5 Å². The van der Waals surface area contributed by atoms with E-state index in [9.17, 15) is 29.7 Å². The van der Waals surface area contributed by atoms with Gasteiger partial charge >= 0.3 is 0 Å². The van der Waals surface area contributed by atoms with E-state index in [1.807, 2.05) is 108 Å². The number of amides is 3. The van der Waals surface area contributed by atoms with Gasteiger partial charge in [-0.05, 0) is 213 Å². The number of nitrogens with one attached hydrogen (secondary N) is 3. The summed E-state index contributed by atoms with van der Waals surface area (Å²) in [6.07, 6.45) is 11.0. The number of aliphatic hydroxyl groups is 3. The largest absolute Gasteiger partial charge is 0.386 e. The summed E-state index contributed by atoms with van der Waals surface area (Å²) in [6.45, 7) is 26.9. The van der Waals surface area contributed by atoms with Crippen molar-refractivity contribution in [3.05, 3.63) is 215 Å². The van der Waals surface area contributed by atoms with Gasteiger partial charge < -0.3 is 82.9 Å². The van der Waals surface area contributed by atoms with Gasteiger partial charge in [0.2, 0.25) is 0 Å². The van der Waals surface area contributed by atoms with Crippen LogP contribution in [0.5, 0.6) is 0 Å². The Morgan fingerprint density at radius 1 is 0.388 bits per heavy atom. The summed E-state index contributed by atoms with van der Waals surface area (Å²) in [5, 5.41) is 55.2. The van der Waals surface area contributed by atoms with Crippen LogP contribution in [-0.2, 0) is 120 Å². The normalized spacial score (nSPS) is 22.5. The summed E-state index contributed by atoms with van der Waals surface area (Å²) >= 11 is 0. The Labute approximate surface area is 684 Å². The molecule has 103 heavy (non-hydrogen) atoms. The number of carbonyl (C=O) groups is 3. The maximum absolute atomic E-state index is 13.6. The first-order chi connectivity index (χ1) is 44.2. The first-order valence-corrected chi connectivity index (χ1v) is 32.3. The second-order valence-electron chi connectivity index (χ2n) is 27.0. The standard InChI is InChI=1S/3C24H30N4O3.5CH3.5W/c3*1-16-7-5-14-26-21(16)28(19-8-6-13-25-15-19)22(29)18-11-9-17(10-12-18)20-24(4,30)23(2,3)31-27-20;;;;;;;;;;/h3*5,7,9-12,14,19,25,30H,6,8,13,15H2,1-4H3;5*1H3;;;;;/q;;;5*-1;;;;;/t19-,24?;19-,24+;19-,24-;;;;;;;;;;/m111........../s1. The number of aryl methyl sites for hydroxylation is 3. The third kappa shape index (κ3) is 20.9. The zero-order chi connectivity index (χ0) is 66.7. The van der Waals surface area contributed by atoms with Gasteiger partial charge in [-0.2, -0.15) is 0 Å². The van der Waals surface area contributed by atoms with Crippen molar-refractivity contribution in [1.82, 2.24) is 30.9 Å². The number of rotatable bonds is 12. The number of benzene rings is 3. The molecule has 3 saturated heterocycles. The van der Waals surface area contributed by atoms with Crippen LogP contribution < -0.4 is 30.7 Å². The summed E-state index contributed by atoms with van der Waals surface area (Å²) < 4.78 is 0.